The first-order chi connectivity index (χ1) is 8.67. The number of oxime groups is 1. The summed E-state index contributed by atoms with van der Waals surface area (Å²) < 4.78 is 0. The average molecular weight is 267 g/mol. The summed E-state index contributed by atoms with van der Waals surface area (Å²) in [4.78, 5) is 21.2. The highest BCUT2D eigenvalue weighted by Crippen LogP contribution is 2.12. The van der Waals surface area contributed by atoms with Crippen LogP contribution in [-0.2, 0) is 16.1 Å². The molecule has 1 aliphatic heterocycles. The summed E-state index contributed by atoms with van der Waals surface area (Å²) in [5.74, 6) is -0.0196. The van der Waals surface area contributed by atoms with Gasteiger partial charge >= 0.3 is 0 Å². The predicted octanol–water partition coefficient (Wildman–Crippen LogP) is 1.67. The van der Waals surface area contributed by atoms with E-state index < -0.39 is 0 Å². The molecule has 0 radical (unpaired) electrons. The minimum atomic E-state index is -0.0196. The molecule has 0 spiro atoms. The van der Waals surface area contributed by atoms with Gasteiger partial charge in [-0.15, -0.1) is 11.3 Å². The lowest BCUT2D eigenvalue weighted by molar-refractivity contribution is -0.121. The first-order valence-electron chi connectivity index (χ1n) is 6.06. The van der Waals surface area contributed by atoms with E-state index in [1.165, 1.54) is 0 Å². The Bertz CT molecular complexity index is 456. The number of nitrogens with zero attached hydrogens (tertiary/aromatic N) is 2. The monoisotopic (exact) mass is 267 g/mol. The second kappa shape index (κ2) is 5.95. The minimum Gasteiger partial charge on any atom is -0.390 e. The van der Waals surface area contributed by atoms with Gasteiger partial charge in [0.05, 0.1) is 29.4 Å². The van der Waals surface area contributed by atoms with Crippen molar-refractivity contribution < 1.29 is 9.63 Å². The number of rotatable bonds is 5. The van der Waals surface area contributed by atoms with Crippen LogP contribution in [0.5, 0.6) is 0 Å². The fourth-order valence-corrected chi connectivity index (χ4v) is 2.36. The molecule has 0 bridgehead atoms. The highest BCUT2D eigenvalue weighted by molar-refractivity contribution is 7.09. The van der Waals surface area contributed by atoms with Gasteiger partial charge in [0.1, 0.15) is 6.10 Å². The lowest BCUT2D eigenvalue weighted by Crippen LogP contribution is -2.33. The normalized spacial score (nSPS) is 18.3. The molecule has 18 heavy (non-hydrogen) atoms. The van der Waals surface area contributed by atoms with E-state index in [0.29, 0.717) is 13.0 Å². The van der Waals surface area contributed by atoms with Crippen molar-refractivity contribution in [2.24, 2.45) is 5.16 Å². The van der Waals surface area contributed by atoms with Crippen molar-refractivity contribution in [3.8, 4) is 0 Å². The molecule has 0 fully saturated rings. The zero-order valence-electron chi connectivity index (χ0n) is 10.6. The number of carbonyl (C=O) groups excluding carboxylic acids is 1. The molecule has 1 amide bonds. The third kappa shape index (κ3) is 3.53. The van der Waals surface area contributed by atoms with Crippen molar-refractivity contribution in [3.05, 3.63) is 16.1 Å². The van der Waals surface area contributed by atoms with E-state index in [2.05, 4.69) is 15.5 Å². The standard InChI is InChI=1S/C12H17N3O2S/c1-3-9-4-11(17-15-9)6-13-12(16)5-10-7-18-8(2)14-10/h7,11H,3-6H2,1-2H3,(H,13,16)/t11-/m0/s1. The van der Waals surface area contributed by atoms with Crippen LogP contribution < -0.4 is 5.32 Å². The quantitative estimate of drug-likeness (QED) is 0.882. The highest BCUT2D eigenvalue weighted by atomic mass is 32.1. The molecule has 6 heteroatoms. The Morgan fingerprint density at radius 3 is 3.11 bits per heavy atom. The van der Waals surface area contributed by atoms with E-state index in [1.807, 2.05) is 19.2 Å². The van der Waals surface area contributed by atoms with Crippen molar-refractivity contribution >= 4 is 23.0 Å². The van der Waals surface area contributed by atoms with Gasteiger partial charge in [-0.25, -0.2) is 4.98 Å². The van der Waals surface area contributed by atoms with Crippen LogP contribution >= 0.6 is 11.3 Å². The smallest absolute Gasteiger partial charge is 0.226 e. The first kappa shape index (κ1) is 13.0. The Morgan fingerprint density at radius 2 is 2.50 bits per heavy atom. The zero-order valence-corrected chi connectivity index (χ0v) is 11.4. The molecule has 0 saturated heterocycles. The van der Waals surface area contributed by atoms with Gasteiger partial charge in [-0.2, -0.15) is 0 Å². The summed E-state index contributed by atoms with van der Waals surface area (Å²) >= 11 is 1.56. The van der Waals surface area contributed by atoms with Crippen molar-refractivity contribution in [3.63, 3.8) is 0 Å². The van der Waals surface area contributed by atoms with E-state index in [4.69, 9.17) is 4.84 Å². The maximum absolute atomic E-state index is 11.7. The van der Waals surface area contributed by atoms with Gasteiger partial charge in [0.2, 0.25) is 5.91 Å². The SMILES string of the molecule is CCC1=NO[C@H](CNC(=O)Cc2csc(C)n2)C1. The molecule has 5 nitrogen and oxygen atoms in total. The Kier molecular flexibility index (Phi) is 4.30. The molecule has 2 rings (SSSR count). The van der Waals surface area contributed by atoms with Crippen LogP contribution in [0.1, 0.15) is 30.5 Å². The number of aryl methyl sites for hydroxylation is 1. The molecule has 0 saturated carbocycles. The van der Waals surface area contributed by atoms with Crippen molar-refractivity contribution in [2.45, 2.75) is 39.2 Å². The van der Waals surface area contributed by atoms with Gasteiger partial charge < -0.3 is 10.2 Å². The number of thiazole rings is 1. The average Bonchev–Trinajstić information content (AvgIpc) is 2.95. The number of hydrogen-bond donors (Lipinski definition) is 1. The molecule has 1 atom stereocenters. The van der Waals surface area contributed by atoms with Crippen molar-refractivity contribution in [1.82, 2.24) is 10.3 Å². The summed E-state index contributed by atoms with van der Waals surface area (Å²) in [6.45, 7) is 4.49. The molecule has 0 unspecified atom stereocenters. The zero-order chi connectivity index (χ0) is 13.0. The fourth-order valence-electron chi connectivity index (χ4n) is 1.75. The van der Waals surface area contributed by atoms with E-state index in [-0.39, 0.29) is 12.0 Å². The second-order valence-corrected chi connectivity index (χ2v) is 5.34. The molecule has 1 N–H and O–H groups in total. The summed E-state index contributed by atoms with van der Waals surface area (Å²) in [6.07, 6.45) is 2.04. The third-order valence-electron chi connectivity index (χ3n) is 2.74. The maximum Gasteiger partial charge on any atom is 0.226 e. The molecule has 0 aromatic carbocycles. The fraction of sp³-hybridized carbons (Fsp3) is 0.583. The van der Waals surface area contributed by atoms with Gasteiger partial charge in [0.25, 0.3) is 0 Å². The summed E-state index contributed by atoms with van der Waals surface area (Å²) in [5, 5.41) is 9.71. The van der Waals surface area contributed by atoms with Gasteiger partial charge in [-0.1, -0.05) is 12.1 Å². The lowest BCUT2D eigenvalue weighted by Gasteiger charge is -2.09. The van der Waals surface area contributed by atoms with Crippen LogP contribution in [-0.4, -0.2) is 29.3 Å². The predicted molar refractivity (Wildman–Crippen MR) is 70.8 cm³/mol. The largest absolute Gasteiger partial charge is 0.390 e. The van der Waals surface area contributed by atoms with Gasteiger partial charge in [-0.05, 0) is 13.3 Å². The van der Waals surface area contributed by atoms with Crippen LogP contribution in [0, 0.1) is 6.92 Å². The second-order valence-electron chi connectivity index (χ2n) is 4.28. The maximum atomic E-state index is 11.7. The Balaban J connectivity index is 1.70. The van der Waals surface area contributed by atoms with Crippen molar-refractivity contribution in [2.75, 3.05) is 6.54 Å². The van der Waals surface area contributed by atoms with Crippen LogP contribution in [0.2, 0.25) is 0 Å². The number of amides is 1. The van der Waals surface area contributed by atoms with Crippen molar-refractivity contribution in [1.29, 1.82) is 0 Å². The lowest BCUT2D eigenvalue weighted by atomic mass is 10.1. The summed E-state index contributed by atoms with van der Waals surface area (Å²) in [5.41, 5.74) is 1.89. The molecule has 1 aromatic rings. The Morgan fingerprint density at radius 1 is 1.67 bits per heavy atom. The Labute approximate surface area is 110 Å². The van der Waals surface area contributed by atoms with Gasteiger partial charge in [0, 0.05) is 11.8 Å². The number of nitrogens with one attached hydrogen (secondary N) is 1. The molecule has 2 heterocycles. The number of hydrogen-bond acceptors (Lipinski definition) is 5. The topological polar surface area (TPSA) is 63.6 Å². The minimum absolute atomic E-state index is 0.0129. The molecular weight excluding hydrogens is 250 g/mol. The summed E-state index contributed by atoms with van der Waals surface area (Å²) in [7, 11) is 0. The number of carbonyl (C=O) groups is 1. The molecule has 0 aliphatic carbocycles. The van der Waals surface area contributed by atoms with E-state index in [9.17, 15) is 4.79 Å². The Hall–Kier alpha value is -1.43. The molecule has 1 aliphatic rings. The van der Waals surface area contributed by atoms with Gasteiger partial charge in [-0.3, -0.25) is 4.79 Å². The van der Waals surface area contributed by atoms with E-state index in [0.717, 1.165) is 29.3 Å². The third-order valence-corrected chi connectivity index (χ3v) is 3.56. The van der Waals surface area contributed by atoms with Crippen LogP contribution in [0.15, 0.2) is 10.5 Å². The molecular formula is C12H17N3O2S. The highest BCUT2D eigenvalue weighted by Gasteiger charge is 2.20. The molecule has 98 valence electrons. The summed E-state index contributed by atoms with van der Waals surface area (Å²) in [6, 6.07) is 0. The first-order valence-corrected chi connectivity index (χ1v) is 6.94. The van der Waals surface area contributed by atoms with Crippen LogP contribution in [0.3, 0.4) is 0 Å². The molecule has 1 aromatic heterocycles. The van der Waals surface area contributed by atoms with Crippen LogP contribution in [0.4, 0.5) is 0 Å². The van der Waals surface area contributed by atoms with Gasteiger partial charge in [0.15, 0.2) is 0 Å². The van der Waals surface area contributed by atoms with E-state index in [1.54, 1.807) is 11.3 Å². The van der Waals surface area contributed by atoms with Crippen LogP contribution in [0.25, 0.3) is 0 Å². The van der Waals surface area contributed by atoms with E-state index >= 15 is 0 Å². The number of aromatic nitrogens is 1.